The highest BCUT2D eigenvalue weighted by atomic mass is 35.5. The van der Waals surface area contributed by atoms with Crippen molar-refractivity contribution in [3.63, 3.8) is 0 Å². The van der Waals surface area contributed by atoms with Crippen LogP contribution in [0.3, 0.4) is 0 Å². The van der Waals surface area contributed by atoms with Crippen molar-refractivity contribution in [2.24, 2.45) is 17.8 Å². The maximum Gasteiger partial charge on any atom is 0.0960 e. The molecular weight excluding hydrogens is 262 g/mol. The summed E-state index contributed by atoms with van der Waals surface area (Å²) >= 11 is 8.03. The van der Waals surface area contributed by atoms with Crippen molar-refractivity contribution in [2.45, 2.75) is 45.6 Å². The van der Waals surface area contributed by atoms with E-state index in [2.05, 4.69) is 25.2 Å². The zero-order valence-corrected chi connectivity index (χ0v) is 12.8. The molecule has 3 rings (SSSR count). The Kier molecular flexibility index (Phi) is 3.70. The van der Waals surface area contributed by atoms with Gasteiger partial charge in [-0.1, -0.05) is 24.9 Å². The molecule has 1 nitrogen and oxygen atoms in total. The lowest BCUT2D eigenvalue weighted by Gasteiger charge is -2.30. The number of aryl methyl sites for hydroxylation is 1. The van der Waals surface area contributed by atoms with E-state index in [9.17, 15) is 0 Å². The second-order valence-corrected chi connectivity index (χ2v) is 7.67. The van der Waals surface area contributed by atoms with Gasteiger partial charge in [-0.2, -0.15) is 0 Å². The third kappa shape index (κ3) is 2.23. The molecule has 0 aliphatic heterocycles. The van der Waals surface area contributed by atoms with E-state index in [1.807, 2.05) is 0 Å². The van der Waals surface area contributed by atoms with Gasteiger partial charge in [0.25, 0.3) is 0 Å². The SMILES string of the molecule is CCNC(c1cc(C)c(Cl)s1)C1CC2CCC1C2. The van der Waals surface area contributed by atoms with Crippen LogP contribution in [0.15, 0.2) is 6.07 Å². The lowest BCUT2D eigenvalue weighted by molar-refractivity contribution is 0.256. The molecule has 2 aliphatic rings. The Bertz CT molecular complexity index is 409. The second-order valence-electron chi connectivity index (χ2n) is 5.98. The fourth-order valence-corrected chi connectivity index (χ4v) is 5.39. The van der Waals surface area contributed by atoms with E-state index in [1.165, 1.54) is 36.1 Å². The van der Waals surface area contributed by atoms with Crippen molar-refractivity contribution < 1.29 is 0 Å². The fraction of sp³-hybridized carbons (Fsp3) is 0.733. The summed E-state index contributed by atoms with van der Waals surface area (Å²) in [5, 5.41) is 3.72. The first-order chi connectivity index (χ1) is 8.69. The maximum absolute atomic E-state index is 6.25. The van der Waals surface area contributed by atoms with Gasteiger partial charge in [-0.05, 0) is 62.1 Å². The second kappa shape index (κ2) is 5.15. The molecule has 1 aromatic rings. The summed E-state index contributed by atoms with van der Waals surface area (Å²) in [5.41, 5.74) is 1.24. The van der Waals surface area contributed by atoms with Crippen LogP contribution in [-0.4, -0.2) is 6.54 Å². The van der Waals surface area contributed by atoms with Gasteiger partial charge < -0.3 is 5.32 Å². The van der Waals surface area contributed by atoms with Gasteiger partial charge in [0.2, 0.25) is 0 Å². The number of fused-ring (bicyclic) bond motifs is 2. The largest absolute Gasteiger partial charge is 0.309 e. The minimum absolute atomic E-state index is 0.543. The first-order valence-corrected chi connectivity index (χ1v) is 8.37. The molecule has 0 spiro atoms. The minimum atomic E-state index is 0.543. The van der Waals surface area contributed by atoms with Crippen LogP contribution in [0.1, 0.15) is 49.1 Å². The molecule has 1 heterocycles. The summed E-state index contributed by atoms with van der Waals surface area (Å²) in [4.78, 5) is 1.46. The predicted octanol–water partition coefficient (Wildman–Crippen LogP) is 4.80. The molecule has 4 atom stereocenters. The highest BCUT2D eigenvalue weighted by molar-refractivity contribution is 7.16. The Labute approximate surface area is 119 Å². The van der Waals surface area contributed by atoms with Gasteiger partial charge in [0.1, 0.15) is 0 Å². The van der Waals surface area contributed by atoms with Crippen molar-refractivity contribution in [1.82, 2.24) is 5.32 Å². The van der Waals surface area contributed by atoms with Crippen LogP contribution in [0.4, 0.5) is 0 Å². The van der Waals surface area contributed by atoms with Crippen LogP contribution in [0.2, 0.25) is 4.34 Å². The van der Waals surface area contributed by atoms with Gasteiger partial charge >= 0.3 is 0 Å². The molecule has 2 fully saturated rings. The normalized spacial score (nSPS) is 32.1. The highest BCUT2D eigenvalue weighted by Crippen LogP contribution is 2.53. The van der Waals surface area contributed by atoms with Crippen LogP contribution in [0.5, 0.6) is 0 Å². The van der Waals surface area contributed by atoms with E-state index in [0.717, 1.165) is 28.6 Å². The van der Waals surface area contributed by atoms with Gasteiger partial charge in [0, 0.05) is 10.9 Å². The molecule has 0 radical (unpaired) electrons. The number of hydrogen-bond donors (Lipinski definition) is 1. The van der Waals surface area contributed by atoms with Gasteiger partial charge in [0.05, 0.1) is 4.34 Å². The molecule has 1 N–H and O–H groups in total. The van der Waals surface area contributed by atoms with E-state index < -0.39 is 0 Å². The summed E-state index contributed by atoms with van der Waals surface area (Å²) < 4.78 is 0.969. The first kappa shape index (κ1) is 13.0. The van der Waals surface area contributed by atoms with Gasteiger partial charge in [-0.3, -0.25) is 0 Å². The molecule has 100 valence electrons. The van der Waals surface area contributed by atoms with E-state index in [-0.39, 0.29) is 0 Å². The number of thiophene rings is 1. The Morgan fingerprint density at radius 1 is 1.44 bits per heavy atom. The van der Waals surface area contributed by atoms with Crippen molar-refractivity contribution in [3.05, 3.63) is 20.8 Å². The molecular formula is C15H22ClNS. The van der Waals surface area contributed by atoms with Crippen molar-refractivity contribution in [3.8, 4) is 0 Å². The third-order valence-electron chi connectivity index (χ3n) is 4.83. The summed E-state index contributed by atoms with van der Waals surface area (Å²) in [6.45, 7) is 5.38. The quantitative estimate of drug-likeness (QED) is 0.837. The van der Waals surface area contributed by atoms with Crippen LogP contribution >= 0.6 is 22.9 Å². The average Bonchev–Trinajstić information content (AvgIpc) is 3.03. The Morgan fingerprint density at radius 3 is 2.78 bits per heavy atom. The standard InChI is InChI=1S/C15H22ClNS/c1-3-17-14(13-6-9(2)15(16)18-13)12-8-10-4-5-11(12)7-10/h6,10-12,14,17H,3-5,7-8H2,1-2H3. The number of rotatable bonds is 4. The molecule has 0 saturated heterocycles. The topological polar surface area (TPSA) is 12.0 Å². The zero-order chi connectivity index (χ0) is 12.7. The first-order valence-electron chi connectivity index (χ1n) is 7.18. The van der Waals surface area contributed by atoms with E-state index in [4.69, 9.17) is 11.6 Å². The Morgan fingerprint density at radius 2 is 2.28 bits per heavy atom. The molecule has 2 saturated carbocycles. The molecule has 18 heavy (non-hydrogen) atoms. The molecule has 0 amide bonds. The number of hydrogen-bond acceptors (Lipinski definition) is 2. The fourth-order valence-electron chi connectivity index (χ4n) is 4.02. The average molecular weight is 284 g/mol. The number of nitrogens with one attached hydrogen (secondary N) is 1. The van der Waals surface area contributed by atoms with Crippen molar-refractivity contribution >= 4 is 22.9 Å². The lowest BCUT2D eigenvalue weighted by Crippen LogP contribution is -2.30. The number of halogens is 1. The Balaban J connectivity index is 1.83. The molecule has 0 aromatic carbocycles. The monoisotopic (exact) mass is 283 g/mol. The summed E-state index contributed by atoms with van der Waals surface area (Å²) in [7, 11) is 0. The summed E-state index contributed by atoms with van der Waals surface area (Å²) in [6, 6.07) is 2.84. The van der Waals surface area contributed by atoms with Crippen molar-refractivity contribution in [2.75, 3.05) is 6.54 Å². The smallest absolute Gasteiger partial charge is 0.0960 e. The predicted molar refractivity (Wildman–Crippen MR) is 79.4 cm³/mol. The molecule has 3 heteroatoms. The highest BCUT2D eigenvalue weighted by Gasteiger charge is 2.43. The van der Waals surface area contributed by atoms with Crippen LogP contribution in [-0.2, 0) is 0 Å². The molecule has 2 aliphatic carbocycles. The third-order valence-corrected chi connectivity index (χ3v) is 6.47. The Hall–Kier alpha value is -0.0500. The van der Waals surface area contributed by atoms with E-state index in [0.29, 0.717) is 6.04 Å². The molecule has 4 unspecified atom stereocenters. The van der Waals surface area contributed by atoms with E-state index >= 15 is 0 Å². The van der Waals surface area contributed by atoms with Gasteiger partial charge in [0.15, 0.2) is 0 Å². The minimum Gasteiger partial charge on any atom is -0.309 e. The molecule has 2 bridgehead atoms. The van der Waals surface area contributed by atoms with Gasteiger partial charge in [-0.15, -0.1) is 11.3 Å². The van der Waals surface area contributed by atoms with Crippen LogP contribution in [0.25, 0.3) is 0 Å². The summed E-state index contributed by atoms with van der Waals surface area (Å²) in [6.07, 6.45) is 5.83. The van der Waals surface area contributed by atoms with Crippen molar-refractivity contribution in [1.29, 1.82) is 0 Å². The summed E-state index contributed by atoms with van der Waals surface area (Å²) in [5.74, 6) is 2.82. The van der Waals surface area contributed by atoms with Crippen LogP contribution in [0, 0.1) is 24.7 Å². The van der Waals surface area contributed by atoms with Gasteiger partial charge in [-0.25, -0.2) is 0 Å². The lowest BCUT2D eigenvalue weighted by atomic mass is 9.82. The maximum atomic E-state index is 6.25. The van der Waals surface area contributed by atoms with Crippen LogP contribution < -0.4 is 5.32 Å². The molecule has 1 aromatic heterocycles. The van der Waals surface area contributed by atoms with E-state index in [1.54, 1.807) is 11.3 Å². The zero-order valence-electron chi connectivity index (χ0n) is 11.2.